The molecular weight excluding hydrogens is 375 g/mol. The van der Waals surface area contributed by atoms with Crippen molar-refractivity contribution in [2.45, 2.75) is 19.0 Å². The summed E-state index contributed by atoms with van der Waals surface area (Å²) in [5.74, 6) is -0.735. The zero-order valence-corrected chi connectivity index (χ0v) is 14.8. The largest absolute Gasteiger partial charge is 0.468 e. The maximum atomic E-state index is 12.3. The summed E-state index contributed by atoms with van der Waals surface area (Å²) in [7, 11) is 0. The van der Waals surface area contributed by atoms with Gasteiger partial charge in [0.25, 0.3) is 11.8 Å². The Morgan fingerprint density at radius 2 is 1.68 bits per heavy atom. The summed E-state index contributed by atoms with van der Waals surface area (Å²) in [5, 5.41) is 2.64. The van der Waals surface area contributed by atoms with Crippen LogP contribution in [0.1, 0.15) is 33.6 Å². The molecule has 2 heterocycles. The van der Waals surface area contributed by atoms with Gasteiger partial charge in [0.15, 0.2) is 6.61 Å². The van der Waals surface area contributed by atoms with Crippen LogP contribution in [-0.4, -0.2) is 47.6 Å². The molecule has 0 aliphatic carbocycles. The van der Waals surface area contributed by atoms with Gasteiger partial charge in [0, 0.05) is 36.6 Å². The smallest absolute Gasteiger partial charge is 0.422 e. The standard InChI is InChI=1S/C19H18F3N3O3/c20-19(21,22)12-28-16-8-5-14(11-23-16)17(26)24-15-6-3-13(4-7-15)18(27)25-9-1-2-10-25/h3-8,11H,1-2,9-10,12H2,(H,24,26). The number of likely N-dealkylation sites (tertiary alicyclic amines) is 1. The Bertz CT molecular complexity index is 830. The quantitative estimate of drug-likeness (QED) is 0.844. The third-order valence-corrected chi connectivity index (χ3v) is 4.17. The first-order chi connectivity index (χ1) is 13.3. The number of aromatic nitrogens is 1. The van der Waals surface area contributed by atoms with Gasteiger partial charge in [-0.1, -0.05) is 0 Å². The van der Waals surface area contributed by atoms with Crippen molar-refractivity contribution in [3.05, 3.63) is 53.7 Å². The summed E-state index contributed by atoms with van der Waals surface area (Å²) in [6.45, 7) is 0.0635. The minimum atomic E-state index is -4.46. The number of carbonyl (C=O) groups is 2. The number of benzene rings is 1. The lowest BCUT2D eigenvalue weighted by Crippen LogP contribution is -2.27. The number of pyridine rings is 1. The van der Waals surface area contributed by atoms with Crippen molar-refractivity contribution in [2.24, 2.45) is 0 Å². The lowest BCUT2D eigenvalue weighted by molar-refractivity contribution is -0.154. The molecule has 0 bridgehead atoms. The Morgan fingerprint density at radius 1 is 1.04 bits per heavy atom. The van der Waals surface area contributed by atoms with Gasteiger partial charge in [0.2, 0.25) is 5.88 Å². The highest BCUT2D eigenvalue weighted by Gasteiger charge is 2.28. The van der Waals surface area contributed by atoms with Gasteiger partial charge in [-0.05, 0) is 43.2 Å². The summed E-state index contributed by atoms with van der Waals surface area (Å²) in [6, 6.07) is 9.04. The molecule has 1 aromatic heterocycles. The van der Waals surface area contributed by atoms with Gasteiger partial charge in [0.1, 0.15) is 0 Å². The number of nitrogens with one attached hydrogen (secondary N) is 1. The van der Waals surface area contributed by atoms with Crippen LogP contribution in [0, 0.1) is 0 Å². The number of rotatable bonds is 5. The predicted octanol–water partition coefficient (Wildman–Crippen LogP) is 3.51. The number of alkyl halides is 3. The van der Waals surface area contributed by atoms with Gasteiger partial charge in [-0.25, -0.2) is 4.98 Å². The third kappa shape index (κ3) is 5.21. The summed E-state index contributed by atoms with van der Waals surface area (Å²) < 4.78 is 40.8. The molecule has 1 saturated heterocycles. The lowest BCUT2D eigenvalue weighted by atomic mass is 10.1. The summed E-state index contributed by atoms with van der Waals surface area (Å²) in [4.78, 5) is 30.0. The van der Waals surface area contributed by atoms with Crippen LogP contribution in [0.15, 0.2) is 42.6 Å². The van der Waals surface area contributed by atoms with Crippen LogP contribution < -0.4 is 10.1 Å². The van der Waals surface area contributed by atoms with Crippen LogP contribution in [0.25, 0.3) is 0 Å². The first kappa shape index (κ1) is 19.7. The SMILES string of the molecule is O=C(Nc1ccc(C(=O)N2CCCC2)cc1)c1ccc(OCC(F)(F)F)nc1. The number of anilines is 1. The van der Waals surface area contributed by atoms with Crippen molar-refractivity contribution in [1.82, 2.24) is 9.88 Å². The van der Waals surface area contributed by atoms with Crippen molar-refractivity contribution in [2.75, 3.05) is 25.0 Å². The molecule has 1 aliphatic heterocycles. The van der Waals surface area contributed by atoms with E-state index in [2.05, 4.69) is 15.0 Å². The number of hydrogen-bond donors (Lipinski definition) is 1. The van der Waals surface area contributed by atoms with E-state index in [-0.39, 0.29) is 17.4 Å². The topological polar surface area (TPSA) is 71.5 Å². The molecule has 0 saturated carbocycles. The second-order valence-corrected chi connectivity index (χ2v) is 6.32. The van der Waals surface area contributed by atoms with Crippen molar-refractivity contribution in [3.63, 3.8) is 0 Å². The first-order valence-electron chi connectivity index (χ1n) is 8.68. The Balaban J connectivity index is 1.57. The molecule has 1 aromatic carbocycles. The number of ether oxygens (including phenoxy) is 1. The van der Waals surface area contributed by atoms with Crippen LogP contribution >= 0.6 is 0 Å². The fourth-order valence-corrected chi connectivity index (χ4v) is 2.76. The number of nitrogens with zero attached hydrogens (tertiary/aromatic N) is 2. The molecule has 1 aliphatic rings. The van der Waals surface area contributed by atoms with Crippen molar-refractivity contribution in [1.29, 1.82) is 0 Å². The van der Waals surface area contributed by atoms with Gasteiger partial charge >= 0.3 is 6.18 Å². The van der Waals surface area contributed by atoms with E-state index in [0.717, 1.165) is 32.1 Å². The van der Waals surface area contributed by atoms with Crippen molar-refractivity contribution in [3.8, 4) is 5.88 Å². The fraction of sp³-hybridized carbons (Fsp3) is 0.316. The van der Waals surface area contributed by atoms with Crippen molar-refractivity contribution >= 4 is 17.5 Å². The Hall–Kier alpha value is -3.10. The average molecular weight is 393 g/mol. The number of halogens is 3. The molecule has 0 spiro atoms. The second kappa shape index (κ2) is 8.28. The molecule has 28 heavy (non-hydrogen) atoms. The second-order valence-electron chi connectivity index (χ2n) is 6.32. The highest BCUT2D eigenvalue weighted by atomic mass is 19.4. The van der Waals surface area contributed by atoms with E-state index in [1.165, 1.54) is 12.1 Å². The van der Waals surface area contributed by atoms with Crippen LogP contribution in [0.5, 0.6) is 5.88 Å². The van der Waals surface area contributed by atoms with Gasteiger partial charge in [-0.3, -0.25) is 9.59 Å². The van der Waals surface area contributed by atoms with E-state index >= 15 is 0 Å². The Kier molecular flexibility index (Phi) is 5.81. The molecule has 3 rings (SSSR count). The minimum Gasteiger partial charge on any atom is -0.468 e. The molecule has 1 fully saturated rings. The molecule has 0 unspecified atom stereocenters. The Labute approximate surface area is 159 Å². The van der Waals surface area contributed by atoms with E-state index in [9.17, 15) is 22.8 Å². The molecule has 9 heteroatoms. The van der Waals surface area contributed by atoms with E-state index in [0.29, 0.717) is 11.3 Å². The lowest BCUT2D eigenvalue weighted by Gasteiger charge is -2.15. The summed E-state index contributed by atoms with van der Waals surface area (Å²) >= 11 is 0. The van der Waals surface area contributed by atoms with E-state index in [1.54, 1.807) is 29.2 Å². The number of hydrogen-bond acceptors (Lipinski definition) is 4. The van der Waals surface area contributed by atoms with E-state index < -0.39 is 18.7 Å². The van der Waals surface area contributed by atoms with Gasteiger partial charge in [-0.2, -0.15) is 13.2 Å². The predicted molar refractivity (Wildman–Crippen MR) is 95.3 cm³/mol. The van der Waals surface area contributed by atoms with Gasteiger partial charge < -0.3 is 15.0 Å². The molecule has 148 valence electrons. The summed E-state index contributed by atoms with van der Waals surface area (Å²) in [5.41, 5.74) is 1.20. The highest BCUT2D eigenvalue weighted by Crippen LogP contribution is 2.18. The first-order valence-corrected chi connectivity index (χ1v) is 8.68. The molecule has 6 nitrogen and oxygen atoms in total. The fourth-order valence-electron chi connectivity index (χ4n) is 2.76. The zero-order valence-electron chi connectivity index (χ0n) is 14.8. The van der Waals surface area contributed by atoms with E-state index in [1.807, 2.05) is 0 Å². The molecular formula is C19H18F3N3O3. The molecule has 2 amide bonds. The molecule has 1 N–H and O–H groups in total. The highest BCUT2D eigenvalue weighted by molar-refractivity contribution is 6.04. The molecule has 0 radical (unpaired) electrons. The molecule has 0 atom stereocenters. The van der Waals surface area contributed by atoms with Crippen LogP contribution in [-0.2, 0) is 0 Å². The third-order valence-electron chi connectivity index (χ3n) is 4.17. The minimum absolute atomic E-state index is 0.0333. The number of carbonyl (C=O) groups excluding carboxylic acids is 2. The molecule has 2 aromatic rings. The number of amides is 2. The van der Waals surface area contributed by atoms with Crippen molar-refractivity contribution < 1.29 is 27.5 Å². The van der Waals surface area contributed by atoms with Crippen LogP contribution in [0.2, 0.25) is 0 Å². The maximum absolute atomic E-state index is 12.3. The average Bonchev–Trinajstić information content (AvgIpc) is 3.21. The monoisotopic (exact) mass is 393 g/mol. The normalized spacial score (nSPS) is 14.0. The summed E-state index contributed by atoms with van der Waals surface area (Å²) in [6.07, 6.45) is -1.31. The Morgan fingerprint density at radius 3 is 2.25 bits per heavy atom. The van der Waals surface area contributed by atoms with Crippen LogP contribution in [0.3, 0.4) is 0 Å². The maximum Gasteiger partial charge on any atom is 0.422 e. The van der Waals surface area contributed by atoms with Crippen LogP contribution in [0.4, 0.5) is 18.9 Å². The van der Waals surface area contributed by atoms with Gasteiger partial charge in [0.05, 0.1) is 5.56 Å². The van der Waals surface area contributed by atoms with E-state index in [4.69, 9.17) is 0 Å². The zero-order chi connectivity index (χ0) is 20.1. The van der Waals surface area contributed by atoms with Gasteiger partial charge in [-0.15, -0.1) is 0 Å².